The zero-order chi connectivity index (χ0) is 20.4. The van der Waals surface area contributed by atoms with Crippen molar-refractivity contribution in [2.75, 3.05) is 26.7 Å². The summed E-state index contributed by atoms with van der Waals surface area (Å²) in [5.74, 6) is 0. The summed E-state index contributed by atoms with van der Waals surface area (Å²) < 4.78 is 65.6. The molecule has 1 aliphatic heterocycles. The maximum atomic E-state index is 11.1. The molecule has 1 saturated heterocycles. The Bertz CT molecular complexity index is 700. The minimum absolute atomic E-state index is 1.06. The number of hydrogen-bond acceptors (Lipinski definition) is 4. The number of nitrogens with zero attached hydrogens (tertiary/aromatic N) is 4. The maximum Gasteiger partial charge on any atom is 0.243 e. The Balaban J connectivity index is 0.000000361. The molecule has 154 valence electrons. The predicted molar refractivity (Wildman–Crippen MR) is 95.0 cm³/mol. The highest BCUT2D eigenvalue weighted by molar-refractivity contribution is 8.07. The van der Waals surface area contributed by atoms with E-state index in [9.17, 15) is 24.6 Å². The van der Waals surface area contributed by atoms with Crippen molar-refractivity contribution in [2.24, 2.45) is 7.05 Å². The first kappa shape index (κ1) is 24.9. The maximum absolute atomic E-state index is 11.1. The summed E-state index contributed by atoms with van der Waals surface area (Å²) in [7, 11) is -6.83. The third-order valence-electron chi connectivity index (χ3n) is 3.78. The Kier molecular flexibility index (Phi) is 10.4. The van der Waals surface area contributed by atoms with Gasteiger partial charge in [0.25, 0.3) is 0 Å². The molecule has 0 aliphatic carbocycles. The highest BCUT2D eigenvalue weighted by atomic mass is 32.3. The fraction of sp³-hybridized carbons (Fsp3) is 0.786. The summed E-state index contributed by atoms with van der Waals surface area (Å²) in [5, 5.41) is 0. The summed E-state index contributed by atoms with van der Waals surface area (Å²) >= 11 is 0. The average molecular weight is 420 g/mol. The third-order valence-corrected chi connectivity index (χ3v) is 5.20. The molecule has 2 rings (SSSR count). The van der Waals surface area contributed by atoms with E-state index in [0.717, 1.165) is 10.7 Å². The lowest BCUT2D eigenvalue weighted by Gasteiger charge is -2.28. The van der Waals surface area contributed by atoms with Crippen LogP contribution in [0.5, 0.6) is 0 Å². The second kappa shape index (κ2) is 10.9. The van der Waals surface area contributed by atoms with Gasteiger partial charge in [0.15, 0.2) is 0 Å². The van der Waals surface area contributed by atoms with Crippen LogP contribution in [-0.2, 0) is 34.4 Å². The molecule has 1 fully saturated rings. The second-order valence-electron chi connectivity index (χ2n) is 6.31. The molecule has 0 N–H and O–H groups in total. The molecule has 26 heavy (non-hydrogen) atoms. The summed E-state index contributed by atoms with van der Waals surface area (Å²) in [5.41, 5.74) is 0. The number of rotatable bonds is 5. The first-order valence-corrected chi connectivity index (χ1v) is 11.0. The van der Waals surface area contributed by atoms with E-state index >= 15 is 0 Å². The summed E-state index contributed by atoms with van der Waals surface area (Å²) in [6, 6.07) is 0. The van der Waals surface area contributed by atoms with E-state index < -0.39 is 20.8 Å². The van der Waals surface area contributed by atoms with Gasteiger partial charge in [-0.05, 0) is 13.3 Å². The first-order valence-electron chi connectivity index (χ1n) is 8.28. The van der Waals surface area contributed by atoms with Gasteiger partial charge in [-0.2, -0.15) is 0 Å². The Morgan fingerprint density at radius 1 is 1.12 bits per heavy atom. The lowest BCUT2D eigenvalue weighted by Crippen LogP contribution is -2.41. The van der Waals surface area contributed by atoms with Gasteiger partial charge in [-0.25, -0.2) is 26.0 Å². The van der Waals surface area contributed by atoms with Crippen LogP contribution in [0.3, 0.4) is 0 Å². The number of halogens is 2. The van der Waals surface area contributed by atoms with Crippen LogP contribution in [0, 0.1) is 0 Å². The zero-order valence-electron chi connectivity index (χ0n) is 15.7. The predicted octanol–water partition coefficient (Wildman–Crippen LogP) is 1.76. The van der Waals surface area contributed by atoms with E-state index in [1.54, 1.807) is 0 Å². The lowest BCUT2D eigenvalue weighted by molar-refractivity contribution is -0.897. The Morgan fingerprint density at radius 3 is 1.85 bits per heavy atom. The third kappa shape index (κ3) is 13.1. The van der Waals surface area contributed by atoms with Gasteiger partial charge in [-0.1, -0.05) is 6.92 Å². The number of likely N-dealkylation sites (tertiary alicyclic amines) is 1. The Morgan fingerprint density at radius 2 is 1.62 bits per heavy atom. The van der Waals surface area contributed by atoms with Crippen molar-refractivity contribution >= 4 is 20.8 Å². The quantitative estimate of drug-likeness (QED) is 0.413. The van der Waals surface area contributed by atoms with E-state index in [0.29, 0.717) is 0 Å². The van der Waals surface area contributed by atoms with Crippen LogP contribution in [0.15, 0.2) is 18.7 Å². The molecule has 1 aromatic rings. The van der Waals surface area contributed by atoms with Crippen LogP contribution in [0.4, 0.5) is 7.77 Å². The molecule has 0 unspecified atom stereocenters. The normalized spacial score (nSPS) is 16.2. The molecular weight excluding hydrogens is 390 g/mol. The number of quaternary nitrogens is 1. The molecule has 0 saturated carbocycles. The van der Waals surface area contributed by atoms with Crippen molar-refractivity contribution in [3.63, 3.8) is 0 Å². The fourth-order valence-corrected chi connectivity index (χ4v) is 3.51. The minimum atomic E-state index is -5.62. The van der Waals surface area contributed by atoms with Gasteiger partial charge in [0, 0.05) is 12.8 Å². The average Bonchev–Trinajstić information content (AvgIpc) is 3.05. The molecule has 2 heterocycles. The summed E-state index contributed by atoms with van der Waals surface area (Å²) in [6.07, 6.45) is 10.4. The van der Waals surface area contributed by atoms with Crippen molar-refractivity contribution in [3.8, 4) is 0 Å². The van der Waals surface area contributed by atoms with Crippen LogP contribution in [0.1, 0.15) is 33.1 Å². The fourth-order valence-electron chi connectivity index (χ4n) is 2.66. The molecule has 0 atom stereocenters. The molecule has 0 radical (unpaired) electrons. The van der Waals surface area contributed by atoms with Crippen molar-refractivity contribution in [2.45, 2.75) is 39.7 Å². The molecule has 0 amide bonds. The number of aromatic nitrogens is 2. The van der Waals surface area contributed by atoms with Gasteiger partial charge < -0.3 is 8.61 Å². The van der Waals surface area contributed by atoms with Crippen LogP contribution < -0.4 is 4.57 Å². The zero-order valence-corrected chi connectivity index (χ0v) is 17.3. The molecule has 1 aromatic heterocycles. The van der Waals surface area contributed by atoms with Gasteiger partial charge in [0.2, 0.25) is 27.1 Å². The van der Waals surface area contributed by atoms with E-state index in [1.165, 1.54) is 43.4 Å². The van der Waals surface area contributed by atoms with E-state index in [1.807, 2.05) is 17.8 Å². The van der Waals surface area contributed by atoms with E-state index in [2.05, 4.69) is 38.0 Å². The first-order chi connectivity index (χ1) is 11.8. The summed E-state index contributed by atoms with van der Waals surface area (Å²) in [6.45, 7) is 9.70. The van der Waals surface area contributed by atoms with Gasteiger partial charge in [-0.15, -0.1) is 7.77 Å². The molecule has 8 nitrogen and oxygen atoms in total. The molecule has 12 heteroatoms. The van der Waals surface area contributed by atoms with Crippen molar-refractivity contribution in [3.05, 3.63) is 22.8 Å². The van der Waals surface area contributed by atoms with Crippen molar-refractivity contribution in [1.82, 2.24) is 4.57 Å². The Labute approximate surface area is 155 Å². The standard InChI is InChI=1S/C8H18N.C6H11N2.F2NO4S2/c1-3-6-9(2)7-4-5-8-9;1-3-8-5-4-7(2)6-8;1-8(4,5)3-9(2,6)7/h3-8H2,1-2H3;4-6H,3H2,1-2H3;/q2*+1;-1. The molecule has 0 aromatic carbocycles. The van der Waals surface area contributed by atoms with Crippen LogP contribution >= 0.6 is 0 Å². The van der Waals surface area contributed by atoms with E-state index in [-0.39, 0.29) is 0 Å². The van der Waals surface area contributed by atoms with Gasteiger partial charge >= 0.3 is 0 Å². The van der Waals surface area contributed by atoms with Crippen LogP contribution in [0.2, 0.25) is 0 Å². The van der Waals surface area contributed by atoms with Crippen molar-refractivity contribution < 1.29 is 33.7 Å². The highest BCUT2D eigenvalue weighted by Gasteiger charge is 2.24. The topological polar surface area (TPSA) is 91.2 Å². The molecule has 0 spiro atoms. The SMILES string of the molecule is CCC[N+]1(C)CCCC1.CCn1cc[n+](C)c1.O=S(=O)(F)[N-]S(=O)(=O)F. The van der Waals surface area contributed by atoms with Gasteiger partial charge in [-0.3, -0.25) is 0 Å². The van der Waals surface area contributed by atoms with Gasteiger partial charge in [0.1, 0.15) is 12.4 Å². The summed E-state index contributed by atoms with van der Waals surface area (Å²) in [4.78, 5) is 0. The number of hydrogen-bond donors (Lipinski definition) is 0. The minimum Gasteiger partial charge on any atom is -0.379 e. The lowest BCUT2D eigenvalue weighted by atomic mass is 10.4. The Hall–Kier alpha value is -1.11. The van der Waals surface area contributed by atoms with Crippen LogP contribution in [0.25, 0.3) is 4.13 Å². The highest BCUT2D eigenvalue weighted by Crippen LogP contribution is 2.16. The monoisotopic (exact) mass is 419 g/mol. The smallest absolute Gasteiger partial charge is 0.243 e. The molecule has 0 bridgehead atoms. The van der Waals surface area contributed by atoms with Crippen LogP contribution in [-0.4, -0.2) is 52.6 Å². The van der Waals surface area contributed by atoms with E-state index in [4.69, 9.17) is 0 Å². The molecular formula is C14H29F2N4O4S2+. The van der Waals surface area contributed by atoms with Crippen molar-refractivity contribution in [1.29, 1.82) is 0 Å². The number of aryl methyl sites for hydroxylation is 2. The van der Waals surface area contributed by atoms with Gasteiger partial charge in [0.05, 0.1) is 40.3 Å². The second-order valence-corrected chi connectivity index (χ2v) is 8.55. The largest absolute Gasteiger partial charge is 0.379 e. The molecule has 1 aliphatic rings. The number of imidazole rings is 1.